The van der Waals surface area contributed by atoms with Gasteiger partial charge in [0.25, 0.3) is 0 Å². The summed E-state index contributed by atoms with van der Waals surface area (Å²) < 4.78 is 64.4. The van der Waals surface area contributed by atoms with Crippen LogP contribution in [-0.4, -0.2) is 18.1 Å². The molecule has 94 valence electrons. The van der Waals surface area contributed by atoms with Gasteiger partial charge in [-0.05, 0) is 24.6 Å². The number of carbonyl (C=O) groups excluding carboxylic acids is 1. The van der Waals surface area contributed by atoms with Gasteiger partial charge in [-0.1, -0.05) is 12.1 Å². The fourth-order valence-corrected chi connectivity index (χ4v) is 0.966. The van der Waals surface area contributed by atoms with Crippen molar-refractivity contribution >= 4 is 5.97 Å². The number of hydrogen-bond donors (Lipinski definition) is 0. The molecule has 0 aliphatic rings. The molecule has 1 aromatic carbocycles. The lowest BCUT2D eigenvalue weighted by Crippen LogP contribution is -2.46. The van der Waals surface area contributed by atoms with Crippen LogP contribution in [0.4, 0.5) is 22.0 Å². The summed E-state index contributed by atoms with van der Waals surface area (Å²) in [5, 5.41) is 0. The Morgan fingerprint density at radius 2 is 1.76 bits per heavy atom. The topological polar surface area (TPSA) is 26.3 Å². The molecule has 0 saturated heterocycles. The van der Waals surface area contributed by atoms with E-state index in [1.54, 1.807) is 13.0 Å². The Morgan fingerprint density at radius 3 is 2.24 bits per heavy atom. The van der Waals surface area contributed by atoms with Gasteiger partial charge in [-0.25, -0.2) is 4.79 Å². The maximum atomic E-state index is 12.5. The zero-order chi connectivity index (χ0) is 13.3. The molecule has 0 heterocycles. The lowest BCUT2D eigenvalue weighted by molar-refractivity contribution is -0.276. The van der Waals surface area contributed by atoms with E-state index in [2.05, 4.69) is 4.74 Å². The molecule has 0 aliphatic carbocycles. The highest BCUT2D eigenvalue weighted by atomic mass is 19.4. The first-order valence-corrected chi connectivity index (χ1v) is 4.38. The minimum atomic E-state index is -5.96. The highest BCUT2D eigenvalue weighted by Gasteiger charge is 2.65. The molecule has 0 fully saturated rings. The average Bonchev–Trinajstić information content (AvgIpc) is 2.15. The maximum Gasteiger partial charge on any atom is 0.465 e. The lowest BCUT2D eigenvalue weighted by Gasteiger charge is -2.17. The number of benzene rings is 1. The van der Waals surface area contributed by atoms with E-state index in [0.717, 1.165) is 6.07 Å². The number of carbonyl (C=O) groups is 1. The molecule has 0 spiro atoms. The van der Waals surface area contributed by atoms with Crippen LogP contribution in [0, 0.1) is 6.92 Å². The summed E-state index contributed by atoms with van der Waals surface area (Å²) in [7, 11) is 0. The van der Waals surface area contributed by atoms with E-state index in [0.29, 0.717) is 5.56 Å². The van der Waals surface area contributed by atoms with Crippen molar-refractivity contribution in [2.75, 3.05) is 0 Å². The van der Waals surface area contributed by atoms with Crippen molar-refractivity contribution in [3.63, 3.8) is 0 Å². The zero-order valence-corrected chi connectivity index (χ0v) is 8.52. The van der Waals surface area contributed by atoms with Crippen LogP contribution in [0.25, 0.3) is 0 Å². The Bertz CT molecular complexity index is 425. The summed E-state index contributed by atoms with van der Waals surface area (Å²) in [4.78, 5) is 10.7. The largest absolute Gasteiger partial charge is 0.465 e. The van der Waals surface area contributed by atoms with E-state index in [9.17, 15) is 26.7 Å². The first kappa shape index (κ1) is 13.4. The SMILES string of the molecule is Cc1cccc(OC(=O)C(F)(F)C(F)(F)F)c1. The van der Waals surface area contributed by atoms with Gasteiger partial charge in [-0.2, -0.15) is 22.0 Å². The third-order valence-corrected chi connectivity index (χ3v) is 1.81. The number of rotatable bonds is 2. The molecule has 0 saturated carbocycles. The zero-order valence-electron chi connectivity index (χ0n) is 8.52. The monoisotopic (exact) mass is 254 g/mol. The van der Waals surface area contributed by atoms with Gasteiger partial charge >= 0.3 is 18.1 Å². The summed E-state index contributed by atoms with van der Waals surface area (Å²) in [6.45, 7) is 1.57. The van der Waals surface area contributed by atoms with Gasteiger partial charge in [-0.3, -0.25) is 0 Å². The second kappa shape index (κ2) is 4.31. The fourth-order valence-electron chi connectivity index (χ4n) is 0.966. The van der Waals surface area contributed by atoms with Crippen molar-refractivity contribution in [2.45, 2.75) is 19.0 Å². The summed E-state index contributed by atoms with van der Waals surface area (Å²) in [5.74, 6) is -8.52. The molecule has 17 heavy (non-hydrogen) atoms. The van der Waals surface area contributed by atoms with Crippen LogP contribution in [0.15, 0.2) is 24.3 Å². The molecule has 1 aromatic rings. The van der Waals surface area contributed by atoms with E-state index in [4.69, 9.17) is 0 Å². The number of esters is 1. The van der Waals surface area contributed by atoms with Crippen LogP contribution in [0.1, 0.15) is 5.56 Å². The van der Waals surface area contributed by atoms with Gasteiger partial charge in [0.05, 0.1) is 0 Å². The van der Waals surface area contributed by atoms with E-state index in [1.165, 1.54) is 12.1 Å². The van der Waals surface area contributed by atoms with Crippen molar-refractivity contribution in [2.24, 2.45) is 0 Å². The average molecular weight is 254 g/mol. The molecule has 0 aliphatic heterocycles. The van der Waals surface area contributed by atoms with Crippen molar-refractivity contribution in [1.82, 2.24) is 0 Å². The number of hydrogen-bond acceptors (Lipinski definition) is 2. The molecule has 0 unspecified atom stereocenters. The number of aryl methyl sites for hydroxylation is 1. The molecule has 0 aromatic heterocycles. The minimum absolute atomic E-state index is 0.362. The molecule has 0 radical (unpaired) electrons. The molecule has 0 N–H and O–H groups in total. The van der Waals surface area contributed by atoms with Crippen LogP contribution < -0.4 is 4.74 Å². The second-order valence-corrected chi connectivity index (χ2v) is 3.28. The quantitative estimate of drug-likeness (QED) is 0.460. The molecule has 1 rings (SSSR count). The fraction of sp³-hybridized carbons (Fsp3) is 0.300. The van der Waals surface area contributed by atoms with Gasteiger partial charge in [-0.15, -0.1) is 0 Å². The maximum absolute atomic E-state index is 12.5. The molecular weight excluding hydrogens is 247 g/mol. The Morgan fingerprint density at radius 1 is 1.18 bits per heavy atom. The predicted molar refractivity (Wildman–Crippen MR) is 47.8 cm³/mol. The predicted octanol–water partition coefficient (Wildman–Crippen LogP) is 3.10. The Hall–Kier alpha value is -1.66. The van der Waals surface area contributed by atoms with Crippen molar-refractivity contribution in [3.8, 4) is 5.75 Å². The molecule has 7 heteroatoms. The van der Waals surface area contributed by atoms with Gasteiger partial charge in [0.15, 0.2) is 0 Å². The van der Waals surface area contributed by atoms with E-state index in [1.807, 2.05) is 0 Å². The normalized spacial score (nSPS) is 12.4. The number of halogens is 5. The summed E-state index contributed by atoms with van der Waals surface area (Å²) >= 11 is 0. The first-order chi connectivity index (χ1) is 7.64. The van der Waals surface area contributed by atoms with Crippen LogP contribution in [0.5, 0.6) is 5.75 Å². The standard InChI is InChI=1S/C10H7F5O2/c1-6-3-2-4-7(5-6)17-8(16)9(11,12)10(13,14)15/h2-5H,1H3. The van der Waals surface area contributed by atoms with Crippen LogP contribution in [0.2, 0.25) is 0 Å². The van der Waals surface area contributed by atoms with Crippen molar-refractivity contribution < 1.29 is 31.5 Å². The van der Waals surface area contributed by atoms with Gasteiger partial charge < -0.3 is 4.74 Å². The summed E-state index contributed by atoms with van der Waals surface area (Å²) in [6, 6.07) is 5.21. The minimum Gasteiger partial charge on any atom is -0.422 e. The third kappa shape index (κ3) is 2.92. The van der Waals surface area contributed by atoms with E-state index in [-0.39, 0.29) is 5.75 Å². The van der Waals surface area contributed by atoms with Gasteiger partial charge in [0.1, 0.15) is 5.75 Å². The highest BCUT2D eigenvalue weighted by Crippen LogP contribution is 2.36. The number of alkyl halides is 5. The third-order valence-electron chi connectivity index (χ3n) is 1.81. The van der Waals surface area contributed by atoms with Gasteiger partial charge in [0.2, 0.25) is 0 Å². The lowest BCUT2D eigenvalue weighted by atomic mass is 10.2. The van der Waals surface area contributed by atoms with Crippen molar-refractivity contribution in [3.05, 3.63) is 29.8 Å². The molecule has 0 atom stereocenters. The van der Waals surface area contributed by atoms with Crippen LogP contribution in [-0.2, 0) is 4.79 Å². The molecule has 0 bridgehead atoms. The first-order valence-electron chi connectivity index (χ1n) is 4.38. The Labute approximate surface area is 93.0 Å². The van der Waals surface area contributed by atoms with Crippen molar-refractivity contribution in [1.29, 1.82) is 0 Å². The summed E-state index contributed by atoms with van der Waals surface area (Å²) in [6.07, 6.45) is -5.96. The molecule has 0 amide bonds. The Balaban J connectivity index is 2.87. The van der Waals surface area contributed by atoms with Crippen LogP contribution >= 0.6 is 0 Å². The van der Waals surface area contributed by atoms with Gasteiger partial charge in [0, 0.05) is 0 Å². The van der Waals surface area contributed by atoms with Crippen LogP contribution in [0.3, 0.4) is 0 Å². The second-order valence-electron chi connectivity index (χ2n) is 3.28. The molecule has 2 nitrogen and oxygen atoms in total. The molecular formula is C10H7F5O2. The summed E-state index contributed by atoms with van der Waals surface area (Å²) in [5.41, 5.74) is 0.561. The number of ether oxygens (including phenoxy) is 1. The smallest absolute Gasteiger partial charge is 0.422 e. The highest BCUT2D eigenvalue weighted by molar-refractivity contribution is 5.80. The Kier molecular flexibility index (Phi) is 3.40. The van der Waals surface area contributed by atoms with E-state index >= 15 is 0 Å². The van der Waals surface area contributed by atoms with E-state index < -0.39 is 18.1 Å².